The van der Waals surface area contributed by atoms with E-state index >= 15 is 0 Å². The molecule has 1 saturated heterocycles. The van der Waals surface area contributed by atoms with Crippen molar-refractivity contribution < 1.29 is 18.4 Å². The van der Waals surface area contributed by atoms with Crippen LogP contribution in [0, 0.1) is 0 Å². The first-order valence-electron chi connectivity index (χ1n) is 10.5. The van der Waals surface area contributed by atoms with Crippen LogP contribution in [-0.4, -0.2) is 80.0 Å². The standard InChI is InChI=1S/C22H27N5O4S/c1-25-12-14-26(15-13-25)21-7-4-19(16-23-21)17-2-5-20(6-3-17)32(30,31)27-10-8-18(9-11-27)22(28)24-29/h2-8,16,29H,9-15H2,1H3,(H,24,28). The van der Waals surface area contributed by atoms with E-state index in [4.69, 9.17) is 5.21 Å². The molecule has 2 aromatic rings. The number of carbonyl (C=O) groups excluding carboxylic acids is 1. The molecular weight excluding hydrogens is 430 g/mol. The van der Waals surface area contributed by atoms with Gasteiger partial charge < -0.3 is 9.80 Å². The topological polar surface area (TPSA) is 106 Å². The van der Waals surface area contributed by atoms with Gasteiger partial charge in [-0.2, -0.15) is 4.31 Å². The maximum Gasteiger partial charge on any atom is 0.270 e. The lowest BCUT2D eigenvalue weighted by molar-refractivity contribution is -0.125. The first-order valence-corrected chi connectivity index (χ1v) is 12.0. The number of likely N-dealkylation sites (N-methyl/N-ethyl adjacent to an activating group) is 1. The number of sulfonamides is 1. The van der Waals surface area contributed by atoms with E-state index in [0.29, 0.717) is 5.57 Å². The Morgan fingerprint density at radius 3 is 2.25 bits per heavy atom. The highest BCUT2D eigenvalue weighted by molar-refractivity contribution is 7.89. The molecule has 0 unspecified atom stereocenters. The molecule has 0 aliphatic carbocycles. The Labute approximate surface area is 188 Å². The van der Waals surface area contributed by atoms with Crippen LogP contribution in [-0.2, 0) is 14.8 Å². The van der Waals surface area contributed by atoms with Crippen molar-refractivity contribution in [2.45, 2.75) is 11.3 Å². The molecule has 0 atom stereocenters. The SMILES string of the molecule is CN1CCN(c2ccc(-c3ccc(S(=O)(=O)N4CC=C(C(=O)NO)CC4)cc3)cn2)CC1. The van der Waals surface area contributed by atoms with Gasteiger partial charge in [0.15, 0.2) is 0 Å². The van der Waals surface area contributed by atoms with E-state index in [9.17, 15) is 13.2 Å². The molecular formula is C22H27N5O4S. The number of nitrogens with one attached hydrogen (secondary N) is 1. The quantitative estimate of drug-likeness (QED) is 0.515. The third kappa shape index (κ3) is 4.68. The van der Waals surface area contributed by atoms with Crippen molar-refractivity contribution in [3.63, 3.8) is 0 Å². The number of piperazine rings is 1. The molecule has 10 heteroatoms. The van der Waals surface area contributed by atoms with Gasteiger partial charge in [0.25, 0.3) is 5.91 Å². The maximum absolute atomic E-state index is 12.9. The van der Waals surface area contributed by atoms with E-state index in [-0.39, 0.29) is 24.4 Å². The van der Waals surface area contributed by atoms with Gasteiger partial charge in [-0.3, -0.25) is 10.0 Å². The van der Waals surface area contributed by atoms with E-state index in [1.165, 1.54) is 10.4 Å². The van der Waals surface area contributed by atoms with Gasteiger partial charge in [-0.1, -0.05) is 18.2 Å². The first kappa shape index (κ1) is 22.4. The second-order valence-corrected chi connectivity index (χ2v) is 9.94. The van der Waals surface area contributed by atoms with E-state index in [2.05, 4.69) is 21.8 Å². The highest BCUT2D eigenvalue weighted by Crippen LogP contribution is 2.25. The second-order valence-electron chi connectivity index (χ2n) is 8.00. The summed E-state index contributed by atoms with van der Waals surface area (Å²) in [5, 5.41) is 8.72. The van der Waals surface area contributed by atoms with Crippen LogP contribution in [0.15, 0.2) is 59.1 Å². The van der Waals surface area contributed by atoms with Gasteiger partial charge in [0.2, 0.25) is 10.0 Å². The predicted molar refractivity (Wildman–Crippen MR) is 121 cm³/mol. The molecule has 4 rings (SSSR count). The third-order valence-electron chi connectivity index (χ3n) is 5.97. The van der Waals surface area contributed by atoms with Gasteiger partial charge in [-0.05, 0) is 43.3 Å². The number of aromatic nitrogens is 1. The summed E-state index contributed by atoms with van der Waals surface area (Å²) in [7, 11) is -1.56. The van der Waals surface area contributed by atoms with Crippen molar-refractivity contribution in [1.82, 2.24) is 19.7 Å². The summed E-state index contributed by atoms with van der Waals surface area (Å²) in [6, 6.07) is 10.8. The molecule has 2 aliphatic rings. The van der Waals surface area contributed by atoms with Crippen LogP contribution >= 0.6 is 0 Å². The zero-order chi connectivity index (χ0) is 22.7. The van der Waals surface area contributed by atoms with Crippen molar-refractivity contribution >= 4 is 21.7 Å². The molecule has 2 N–H and O–H groups in total. The number of hydrogen-bond acceptors (Lipinski definition) is 7. The average molecular weight is 458 g/mol. The molecule has 0 bridgehead atoms. The maximum atomic E-state index is 12.9. The van der Waals surface area contributed by atoms with Gasteiger partial charge in [0.1, 0.15) is 5.82 Å². The fourth-order valence-electron chi connectivity index (χ4n) is 3.89. The highest BCUT2D eigenvalue weighted by atomic mass is 32.2. The molecule has 32 heavy (non-hydrogen) atoms. The number of amides is 1. The summed E-state index contributed by atoms with van der Waals surface area (Å²) < 4.78 is 27.2. The average Bonchev–Trinajstić information content (AvgIpc) is 2.84. The van der Waals surface area contributed by atoms with Crippen molar-refractivity contribution in [1.29, 1.82) is 0 Å². The van der Waals surface area contributed by atoms with Crippen LogP contribution in [0.3, 0.4) is 0 Å². The van der Waals surface area contributed by atoms with E-state index < -0.39 is 15.9 Å². The highest BCUT2D eigenvalue weighted by Gasteiger charge is 2.27. The normalized spacial score (nSPS) is 18.3. The Hall–Kier alpha value is -2.79. The van der Waals surface area contributed by atoms with Crippen molar-refractivity contribution in [2.75, 3.05) is 51.2 Å². The predicted octanol–water partition coefficient (Wildman–Crippen LogP) is 1.33. The molecule has 0 radical (unpaired) electrons. The second kappa shape index (κ2) is 9.37. The van der Waals surface area contributed by atoms with Crippen LogP contribution in [0.2, 0.25) is 0 Å². The Morgan fingerprint density at radius 1 is 1.00 bits per heavy atom. The molecule has 0 spiro atoms. The largest absolute Gasteiger partial charge is 0.354 e. The monoisotopic (exact) mass is 457 g/mol. The molecule has 1 amide bonds. The molecule has 3 heterocycles. The Balaban J connectivity index is 1.45. The van der Waals surface area contributed by atoms with E-state index in [0.717, 1.165) is 43.1 Å². The molecule has 9 nitrogen and oxygen atoms in total. The summed E-state index contributed by atoms with van der Waals surface area (Å²) >= 11 is 0. The van der Waals surface area contributed by atoms with Crippen LogP contribution in [0.4, 0.5) is 5.82 Å². The lowest BCUT2D eigenvalue weighted by atomic mass is 10.1. The fraction of sp³-hybridized carbons (Fsp3) is 0.364. The van der Waals surface area contributed by atoms with Crippen molar-refractivity contribution in [3.8, 4) is 11.1 Å². The summed E-state index contributed by atoms with van der Waals surface area (Å²) in [5.74, 6) is 0.354. The van der Waals surface area contributed by atoms with Crippen molar-refractivity contribution in [2.24, 2.45) is 0 Å². The Morgan fingerprint density at radius 2 is 1.69 bits per heavy atom. The molecule has 2 aliphatic heterocycles. The van der Waals surface area contributed by atoms with Crippen molar-refractivity contribution in [3.05, 3.63) is 54.2 Å². The number of hydrogen-bond donors (Lipinski definition) is 2. The smallest absolute Gasteiger partial charge is 0.270 e. The number of rotatable bonds is 5. The minimum Gasteiger partial charge on any atom is -0.354 e. The van der Waals surface area contributed by atoms with Crippen LogP contribution in [0.25, 0.3) is 11.1 Å². The lowest BCUT2D eigenvalue weighted by Gasteiger charge is -2.33. The van der Waals surface area contributed by atoms with Gasteiger partial charge in [-0.15, -0.1) is 0 Å². The first-order chi connectivity index (χ1) is 15.4. The molecule has 1 aromatic heterocycles. The van der Waals surface area contributed by atoms with Gasteiger partial charge >= 0.3 is 0 Å². The lowest BCUT2D eigenvalue weighted by Crippen LogP contribution is -2.44. The van der Waals surface area contributed by atoms with Gasteiger partial charge in [0.05, 0.1) is 4.90 Å². The Bertz CT molecular complexity index is 1090. The minimum atomic E-state index is -3.67. The summed E-state index contributed by atoms with van der Waals surface area (Å²) in [6.07, 6.45) is 3.59. The van der Waals surface area contributed by atoms with Crippen LogP contribution in [0.5, 0.6) is 0 Å². The van der Waals surface area contributed by atoms with E-state index in [1.54, 1.807) is 29.7 Å². The number of anilines is 1. The summed E-state index contributed by atoms with van der Waals surface area (Å²) in [4.78, 5) is 20.8. The van der Waals surface area contributed by atoms with Gasteiger partial charge in [-0.25, -0.2) is 18.9 Å². The van der Waals surface area contributed by atoms with Gasteiger partial charge in [0, 0.05) is 56.6 Å². The Kier molecular flexibility index (Phi) is 6.56. The summed E-state index contributed by atoms with van der Waals surface area (Å²) in [6.45, 7) is 4.20. The zero-order valence-electron chi connectivity index (χ0n) is 17.9. The summed E-state index contributed by atoms with van der Waals surface area (Å²) in [5.41, 5.74) is 3.77. The molecule has 1 fully saturated rings. The number of nitrogens with zero attached hydrogens (tertiary/aromatic N) is 4. The number of carbonyl (C=O) groups is 1. The minimum absolute atomic E-state index is 0.0878. The van der Waals surface area contributed by atoms with Crippen LogP contribution < -0.4 is 10.4 Å². The number of pyridine rings is 1. The molecule has 170 valence electrons. The number of benzene rings is 1. The van der Waals surface area contributed by atoms with Crippen LogP contribution in [0.1, 0.15) is 6.42 Å². The third-order valence-corrected chi connectivity index (χ3v) is 7.84. The zero-order valence-corrected chi connectivity index (χ0v) is 18.8. The van der Waals surface area contributed by atoms with E-state index in [1.807, 2.05) is 18.3 Å². The fourth-order valence-corrected chi connectivity index (χ4v) is 5.28. The molecule has 1 aromatic carbocycles. The number of hydroxylamine groups is 1. The molecule has 0 saturated carbocycles.